The monoisotopic (exact) mass is 207 g/mol. The third kappa shape index (κ3) is 2.42. The van der Waals surface area contributed by atoms with Gasteiger partial charge in [0.05, 0.1) is 19.3 Å². The van der Waals surface area contributed by atoms with E-state index in [-0.39, 0.29) is 6.10 Å². The summed E-state index contributed by atoms with van der Waals surface area (Å²) in [6.45, 7) is 2.95. The van der Waals surface area contributed by atoms with E-state index in [4.69, 9.17) is 9.47 Å². The first kappa shape index (κ1) is 10.3. The van der Waals surface area contributed by atoms with Gasteiger partial charge in [0.1, 0.15) is 5.75 Å². The summed E-state index contributed by atoms with van der Waals surface area (Å²) in [5.74, 6) is 0.881. The highest BCUT2D eigenvalue weighted by atomic mass is 16.5. The number of rotatable bonds is 3. The van der Waals surface area contributed by atoms with Gasteiger partial charge in [-0.15, -0.1) is 0 Å². The normalized spacial score (nSPS) is 25.2. The van der Waals surface area contributed by atoms with Crippen molar-refractivity contribution in [2.75, 3.05) is 19.0 Å². The minimum atomic E-state index is 0.288. The molecule has 0 aromatic heterocycles. The van der Waals surface area contributed by atoms with Crippen LogP contribution in [0.25, 0.3) is 0 Å². The van der Waals surface area contributed by atoms with Crippen molar-refractivity contribution >= 4 is 5.69 Å². The Balaban J connectivity index is 2.03. The number of methoxy groups -OCH3 is 1. The molecule has 1 N–H and O–H groups in total. The van der Waals surface area contributed by atoms with Crippen molar-refractivity contribution < 1.29 is 9.47 Å². The van der Waals surface area contributed by atoms with Crippen molar-refractivity contribution in [2.24, 2.45) is 0 Å². The Morgan fingerprint density at radius 3 is 3.00 bits per heavy atom. The van der Waals surface area contributed by atoms with Gasteiger partial charge in [-0.1, -0.05) is 6.07 Å². The molecular formula is C12H17NO2. The second-order valence-electron chi connectivity index (χ2n) is 3.85. The highest BCUT2D eigenvalue weighted by molar-refractivity contribution is 5.49. The Labute approximate surface area is 90.4 Å². The van der Waals surface area contributed by atoms with Crippen molar-refractivity contribution in [3.05, 3.63) is 24.3 Å². The van der Waals surface area contributed by atoms with Crippen molar-refractivity contribution in [1.82, 2.24) is 0 Å². The molecule has 1 aromatic rings. The van der Waals surface area contributed by atoms with Gasteiger partial charge in [-0.3, -0.25) is 0 Å². The van der Waals surface area contributed by atoms with Crippen molar-refractivity contribution in [3.8, 4) is 5.75 Å². The fraction of sp³-hybridized carbons (Fsp3) is 0.500. The molecule has 3 nitrogen and oxygen atoms in total. The van der Waals surface area contributed by atoms with Crippen LogP contribution in [0.2, 0.25) is 0 Å². The van der Waals surface area contributed by atoms with E-state index in [9.17, 15) is 0 Å². The van der Waals surface area contributed by atoms with Gasteiger partial charge in [0.25, 0.3) is 0 Å². The second kappa shape index (κ2) is 4.53. The summed E-state index contributed by atoms with van der Waals surface area (Å²) in [4.78, 5) is 0. The molecular weight excluding hydrogens is 190 g/mol. The lowest BCUT2D eigenvalue weighted by atomic mass is 10.1. The first-order chi connectivity index (χ1) is 7.29. The van der Waals surface area contributed by atoms with Gasteiger partial charge in [-0.05, 0) is 25.5 Å². The zero-order chi connectivity index (χ0) is 10.7. The lowest BCUT2D eigenvalue weighted by Gasteiger charge is -2.17. The van der Waals surface area contributed by atoms with Gasteiger partial charge in [-0.25, -0.2) is 0 Å². The molecule has 1 aliphatic heterocycles. The smallest absolute Gasteiger partial charge is 0.120 e. The average Bonchev–Trinajstić information content (AvgIpc) is 2.65. The number of hydrogen-bond donors (Lipinski definition) is 1. The minimum Gasteiger partial charge on any atom is -0.497 e. The van der Waals surface area contributed by atoms with Crippen LogP contribution in [0.5, 0.6) is 5.75 Å². The molecule has 1 aromatic carbocycles. The van der Waals surface area contributed by atoms with E-state index in [1.165, 1.54) is 0 Å². The molecule has 0 amide bonds. The standard InChI is InChI=1S/C12H17NO2/c1-9-12(6-7-15-9)13-10-4-3-5-11(8-10)14-2/h3-5,8-9,12-13H,6-7H2,1-2H3. The third-order valence-corrected chi connectivity index (χ3v) is 2.80. The predicted molar refractivity (Wildman–Crippen MR) is 60.4 cm³/mol. The summed E-state index contributed by atoms with van der Waals surface area (Å²) < 4.78 is 10.7. The molecule has 2 rings (SSSR count). The predicted octanol–water partition coefficient (Wildman–Crippen LogP) is 2.28. The van der Waals surface area contributed by atoms with Crippen LogP contribution in [0, 0.1) is 0 Å². The van der Waals surface area contributed by atoms with E-state index in [0.29, 0.717) is 6.04 Å². The summed E-state index contributed by atoms with van der Waals surface area (Å²) in [7, 11) is 1.68. The summed E-state index contributed by atoms with van der Waals surface area (Å²) in [6, 6.07) is 8.40. The van der Waals surface area contributed by atoms with Crippen LogP contribution < -0.4 is 10.1 Å². The van der Waals surface area contributed by atoms with Crippen LogP contribution in [-0.2, 0) is 4.74 Å². The summed E-state index contributed by atoms with van der Waals surface area (Å²) >= 11 is 0. The highest BCUT2D eigenvalue weighted by Crippen LogP contribution is 2.21. The van der Waals surface area contributed by atoms with Crippen molar-refractivity contribution in [1.29, 1.82) is 0 Å². The van der Waals surface area contributed by atoms with Crippen LogP contribution in [0.3, 0.4) is 0 Å². The molecule has 1 saturated heterocycles. The summed E-state index contributed by atoms with van der Waals surface area (Å²) in [5, 5.41) is 3.46. The molecule has 15 heavy (non-hydrogen) atoms. The zero-order valence-electron chi connectivity index (χ0n) is 9.19. The lowest BCUT2D eigenvalue weighted by molar-refractivity contribution is 0.121. The maximum absolute atomic E-state index is 5.50. The Kier molecular flexibility index (Phi) is 3.11. The molecule has 3 heteroatoms. The molecule has 0 spiro atoms. The van der Waals surface area contributed by atoms with Gasteiger partial charge in [0.15, 0.2) is 0 Å². The van der Waals surface area contributed by atoms with Gasteiger partial charge in [0.2, 0.25) is 0 Å². The molecule has 1 fully saturated rings. The largest absolute Gasteiger partial charge is 0.497 e. The van der Waals surface area contributed by atoms with Crippen LogP contribution in [0.4, 0.5) is 5.69 Å². The fourth-order valence-electron chi connectivity index (χ4n) is 1.85. The number of benzene rings is 1. The van der Waals surface area contributed by atoms with Crippen LogP contribution in [0.1, 0.15) is 13.3 Å². The highest BCUT2D eigenvalue weighted by Gasteiger charge is 2.23. The molecule has 0 radical (unpaired) electrons. The average molecular weight is 207 g/mol. The molecule has 1 aliphatic rings. The Bertz CT molecular complexity index is 327. The van der Waals surface area contributed by atoms with E-state index in [2.05, 4.69) is 12.2 Å². The fourth-order valence-corrected chi connectivity index (χ4v) is 1.85. The van der Waals surface area contributed by atoms with Crippen LogP contribution >= 0.6 is 0 Å². The molecule has 82 valence electrons. The zero-order valence-corrected chi connectivity index (χ0v) is 9.19. The minimum absolute atomic E-state index is 0.288. The number of ether oxygens (including phenoxy) is 2. The molecule has 2 atom stereocenters. The Hall–Kier alpha value is -1.22. The third-order valence-electron chi connectivity index (χ3n) is 2.80. The van der Waals surface area contributed by atoms with Gasteiger partial charge < -0.3 is 14.8 Å². The van der Waals surface area contributed by atoms with E-state index in [1.54, 1.807) is 7.11 Å². The Morgan fingerprint density at radius 1 is 1.47 bits per heavy atom. The maximum atomic E-state index is 5.50. The van der Waals surface area contributed by atoms with Gasteiger partial charge >= 0.3 is 0 Å². The van der Waals surface area contributed by atoms with E-state index >= 15 is 0 Å². The maximum Gasteiger partial charge on any atom is 0.120 e. The number of anilines is 1. The molecule has 0 saturated carbocycles. The van der Waals surface area contributed by atoms with Gasteiger partial charge in [-0.2, -0.15) is 0 Å². The van der Waals surface area contributed by atoms with E-state index in [1.807, 2.05) is 24.3 Å². The van der Waals surface area contributed by atoms with E-state index in [0.717, 1.165) is 24.5 Å². The van der Waals surface area contributed by atoms with Crippen LogP contribution in [-0.4, -0.2) is 25.9 Å². The summed E-state index contributed by atoms with van der Waals surface area (Å²) in [5.41, 5.74) is 1.09. The molecule has 1 heterocycles. The molecule has 0 bridgehead atoms. The molecule has 2 unspecified atom stereocenters. The first-order valence-electron chi connectivity index (χ1n) is 5.32. The number of hydrogen-bond acceptors (Lipinski definition) is 3. The summed E-state index contributed by atoms with van der Waals surface area (Å²) in [6.07, 6.45) is 1.36. The quantitative estimate of drug-likeness (QED) is 0.824. The SMILES string of the molecule is COc1cccc(NC2CCOC2C)c1. The van der Waals surface area contributed by atoms with Crippen LogP contribution in [0.15, 0.2) is 24.3 Å². The van der Waals surface area contributed by atoms with E-state index < -0.39 is 0 Å². The van der Waals surface area contributed by atoms with Crippen molar-refractivity contribution in [2.45, 2.75) is 25.5 Å². The lowest BCUT2D eigenvalue weighted by Crippen LogP contribution is -2.26. The Morgan fingerprint density at radius 2 is 2.33 bits per heavy atom. The van der Waals surface area contributed by atoms with Crippen molar-refractivity contribution in [3.63, 3.8) is 0 Å². The topological polar surface area (TPSA) is 30.5 Å². The second-order valence-corrected chi connectivity index (χ2v) is 3.85. The first-order valence-corrected chi connectivity index (χ1v) is 5.32. The number of nitrogens with one attached hydrogen (secondary N) is 1. The molecule has 0 aliphatic carbocycles. The van der Waals surface area contributed by atoms with Gasteiger partial charge in [0, 0.05) is 18.4 Å².